The molecular formula is C11H13BrN2O3. The Labute approximate surface area is 107 Å². The van der Waals surface area contributed by atoms with Crippen LogP contribution in [0.3, 0.4) is 0 Å². The Bertz CT molecular complexity index is 433. The summed E-state index contributed by atoms with van der Waals surface area (Å²) in [5, 5.41) is 23.1. The van der Waals surface area contributed by atoms with Crippen molar-refractivity contribution >= 4 is 27.3 Å². The highest BCUT2D eigenvalue weighted by Gasteiger charge is 2.27. The Hall–Kier alpha value is -1.14. The maximum atomic E-state index is 10.8. The number of halogens is 1. The van der Waals surface area contributed by atoms with E-state index in [1.807, 2.05) is 0 Å². The van der Waals surface area contributed by atoms with Gasteiger partial charge in [-0.2, -0.15) is 0 Å². The second-order valence-electron chi connectivity index (χ2n) is 4.29. The van der Waals surface area contributed by atoms with Crippen LogP contribution in [0.4, 0.5) is 11.4 Å². The normalized spacial score (nSPS) is 22.9. The first-order chi connectivity index (χ1) is 8.06. The molecule has 0 unspecified atom stereocenters. The van der Waals surface area contributed by atoms with E-state index in [2.05, 4.69) is 21.2 Å². The van der Waals surface area contributed by atoms with Gasteiger partial charge in [-0.3, -0.25) is 10.1 Å². The van der Waals surface area contributed by atoms with Crippen LogP contribution < -0.4 is 5.32 Å². The summed E-state index contributed by atoms with van der Waals surface area (Å²) < 4.78 is 0.805. The molecule has 1 saturated carbocycles. The Morgan fingerprint density at radius 3 is 2.82 bits per heavy atom. The maximum Gasteiger partial charge on any atom is 0.292 e. The van der Waals surface area contributed by atoms with E-state index in [1.165, 1.54) is 6.07 Å². The van der Waals surface area contributed by atoms with E-state index >= 15 is 0 Å². The number of nitrogens with zero attached hydrogens (tertiary/aromatic N) is 1. The topological polar surface area (TPSA) is 75.4 Å². The highest BCUT2D eigenvalue weighted by molar-refractivity contribution is 9.10. The van der Waals surface area contributed by atoms with Crippen molar-refractivity contribution in [2.24, 2.45) is 5.92 Å². The van der Waals surface area contributed by atoms with Crippen molar-refractivity contribution in [3.05, 3.63) is 32.8 Å². The zero-order valence-electron chi connectivity index (χ0n) is 9.10. The third-order valence-electron chi connectivity index (χ3n) is 2.95. The summed E-state index contributed by atoms with van der Waals surface area (Å²) in [4.78, 5) is 10.4. The third-order valence-corrected chi connectivity index (χ3v) is 3.44. The first kappa shape index (κ1) is 12.3. The number of nitro groups is 1. The number of benzene rings is 1. The van der Waals surface area contributed by atoms with Crippen LogP contribution in [-0.2, 0) is 0 Å². The minimum absolute atomic E-state index is 0.0769. The molecule has 0 spiro atoms. The fourth-order valence-electron chi connectivity index (χ4n) is 1.93. The van der Waals surface area contributed by atoms with Gasteiger partial charge in [0.2, 0.25) is 0 Å². The molecule has 0 aliphatic heterocycles. The molecule has 1 fully saturated rings. The van der Waals surface area contributed by atoms with Crippen LogP contribution >= 0.6 is 15.9 Å². The summed E-state index contributed by atoms with van der Waals surface area (Å²) in [7, 11) is 0. The minimum atomic E-state index is -0.398. The van der Waals surface area contributed by atoms with E-state index in [-0.39, 0.29) is 11.8 Å². The molecule has 92 valence electrons. The molecule has 1 aromatic carbocycles. The van der Waals surface area contributed by atoms with Crippen molar-refractivity contribution in [2.75, 3.05) is 11.9 Å². The summed E-state index contributed by atoms with van der Waals surface area (Å²) >= 11 is 3.29. The quantitative estimate of drug-likeness (QED) is 0.662. The van der Waals surface area contributed by atoms with Crippen molar-refractivity contribution < 1.29 is 10.0 Å². The van der Waals surface area contributed by atoms with Gasteiger partial charge in [-0.1, -0.05) is 15.9 Å². The van der Waals surface area contributed by atoms with E-state index < -0.39 is 4.92 Å². The molecule has 0 aromatic heterocycles. The average molecular weight is 301 g/mol. The highest BCUT2D eigenvalue weighted by atomic mass is 79.9. The second kappa shape index (κ2) is 5.01. The first-order valence-electron chi connectivity index (χ1n) is 5.42. The molecule has 1 aliphatic rings. The van der Waals surface area contributed by atoms with Crippen LogP contribution in [0, 0.1) is 16.0 Å². The van der Waals surface area contributed by atoms with Gasteiger partial charge in [0.15, 0.2) is 0 Å². The van der Waals surface area contributed by atoms with Crippen LogP contribution in [0.2, 0.25) is 0 Å². The molecule has 6 heteroatoms. The van der Waals surface area contributed by atoms with Gasteiger partial charge in [-0.25, -0.2) is 0 Å². The molecule has 0 heterocycles. The lowest BCUT2D eigenvalue weighted by Gasteiger charge is -2.31. The van der Waals surface area contributed by atoms with Gasteiger partial charge in [0.1, 0.15) is 5.69 Å². The number of aliphatic hydroxyl groups is 1. The lowest BCUT2D eigenvalue weighted by molar-refractivity contribution is -0.384. The van der Waals surface area contributed by atoms with E-state index in [4.69, 9.17) is 5.11 Å². The Morgan fingerprint density at radius 1 is 1.53 bits per heavy atom. The zero-order chi connectivity index (χ0) is 12.4. The molecule has 0 bridgehead atoms. The summed E-state index contributed by atoms with van der Waals surface area (Å²) in [6, 6.07) is 4.83. The summed E-state index contributed by atoms with van der Waals surface area (Å²) in [6.45, 7) is 0.661. The molecule has 0 amide bonds. The van der Waals surface area contributed by atoms with Crippen LogP contribution in [0.1, 0.15) is 12.8 Å². The monoisotopic (exact) mass is 300 g/mol. The zero-order valence-corrected chi connectivity index (χ0v) is 10.7. The lowest BCUT2D eigenvalue weighted by Crippen LogP contribution is -2.33. The molecular weight excluding hydrogens is 288 g/mol. The van der Waals surface area contributed by atoms with Crippen molar-refractivity contribution in [2.45, 2.75) is 18.9 Å². The second-order valence-corrected chi connectivity index (χ2v) is 5.21. The Kier molecular flexibility index (Phi) is 3.63. The van der Waals surface area contributed by atoms with Crippen molar-refractivity contribution in [1.29, 1.82) is 0 Å². The number of nitro benzene ring substituents is 1. The van der Waals surface area contributed by atoms with Crippen LogP contribution in [0.25, 0.3) is 0 Å². The fourth-order valence-corrected chi connectivity index (χ4v) is 2.29. The SMILES string of the molecule is O=[N+]([O-])c1ccc(Br)cc1NCC1CC(O)C1. The van der Waals surface area contributed by atoms with Gasteiger partial charge in [0.05, 0.1) is 11.0 Å². The van der Waals surface area contributed by atoms with Crippen molar-refractivity contribution in [3.8, 4) is 0 Å². The number of hydrogen-bond donors (Lipinski definition) is 2. The van der Waals surface area contributed by atoms with Gasteiger partial charge >= 0.3 is 0 Å². The van der Waals surface area contributed by atoms with E-state index in [1.54, 1.807) is 12.1 Å². The fraction of sp³-hybridized carbons (Fsp3) is 0.455. The number of rotatable bonds is 4. The largest absolute Gasteiger partial charge is 0.393 e. The van der Waals surface area contributed by atoms with Crippen molar-refractivity contribution in [3.63, 3.8) is 0 Å². The third kappa shape index (κ3) is 2.95. The van der Waals surface area contributed by atoms with Gasteiger partial charge in [-0.05, 0) is 30.9 Å². The van der Waals surface area contributed by atoms with Crippen molar-refractivity contribution in [1.82, 2.24) is 0 Å². The molecule has 2 N–H and O–H groups in total. The predicted octanol–water partition coefficient (Wildman–Crippen LogP) is 2.54. The van der Waals surface area contributed by atoms with Gasteiger partial charge in [-0.15, -0.1) is 0 Å². The van der Waals surface area contributed by atoms with E-state index in [0.717, 1.165) is 17.3 Å². The van der Waals surface area contributed by atoms with Crippen LogP contribution in [0.15, 0.2) is 22.7 Å². The van der Waals surface area contributed by atoms with E-state index in [9.17, 15) is 10.1 Å². The van der Waals surface area contributed by atoms with Crippen LogP contribution in [0.5, 0.6) is 0 Å². The van der Waals surface area contributed by atoms with Crippen LogP contribution in [-0.4, -0.2) is 22.7 Å². The predicted molar refractivity (Wildman–Crippen MR) is 68.0 cm³/mol. The minimum Gasteiger partial charge on any atom is -0.393 e. The number of hydrogen-bond acceptors (Lipinski definition) is 4. The summed E-state index contributed by atoms with van der Waals surface area (Å²) in [5.74, 6) is 0.406. The molecule has 0 saturated heterocycles. The summed E-state index contributed by atoms with van der Waals surface area (Å²) in [6.07, 6.45) is 1.35. The molecule has 2 rings (SSSR count). The lowest BCUT2D eigenvalue weighted by atomic mass is 9.82. The van der Waals surface area contributed by atoms with E-state index in [0.29, 0.717) is 18.2 Å². The Balaban J connectivity index is 2.03. The van der Waals surface area contributed by atoms with Gasteiger partial charge in [0.25, 0.3) is 5.69 Å². The number of aliphatic hydroxyl groups excluding tert-OH is 1. The van der Waals surface area contributed by atoms with Gasteiger partial charge < -0.3 is 10.4 Å². The molecule has 5 nitrogen and oxygen atoms in total. The highest BCUT2D eigenvalue weighted by Crippen LogP contribution is 2.31. The number of nitrogens with one attached hydrogen (secondary N) is 1. The standard InChI is InChI=1S/C11H13BrN2O3/c12-8-1-2-11(14(16)17)10(5-8)13-6-7-3-9(15)4-7/h1-2,5,7,9,13,15H,3-4,6H2. The smallest absolute Gasteiger partial charge is 0.292 e. The molecule has 0 atom stereocenters. The average Bonchev–Trinajstić information content (AvgIpc) is 2.22. The first-order valence-corrected chi connectivity index (χ1v) is 6.21. The maximum absolute atomic E-state index is 10.8. The number of anilines is 1. The summed E-state index contributed by atoms with van der Waals surface area (Å²) in [5.41, 5.74) is 0.596. The molecule has 17 heavy (non-hydrogen) atoms. The Morgan fingerprint density at radius 2 is 2.24 bits per heavy atom. The molecule has 1 aromatic rings. The molecule has 0 radical (unpaired) electrons. The molecule has 1 aliphatic carbocycles. The van der Waals surface area contributed by atoms with Gasteiger partial charge in [0, 0.05) is 17.1 Å².